The first-order chi connectivity index (χ1) is 13.4. The fourth-order valence-corrected chi connectivity index (χ4v) is 3.97. The van der Waals surface area contributed by atoms with E-state index in [1.54, 1.807) is 6.92 Å². The van der Waals surface area contributed by atoms with Gasteiger partial charge < -0.3 is 10.8 Å². The number of hydrogen-bond acceptors (Lipinski definition) is 8. The van der Waals surface area contributed by atoms with Crippen molar-refractivity contribution < 1.29 is 31.0 Å². The lowest BCUT2D eigenvalue weighted by atomic mass is 10.0. The van der Waals surface area contributed by atoms with E-state index in [-0.39, 0.29) is 27.8 Å². The number of rotatable bonds is 4. The first kappa shape index (κ1) is 20.7. The minimum atomic E-state index is -4.54. The van der Waals surface area contributed by atoms with Crippen molar-refractivity contribution in [1.82, 2.24) is 0 Å². The fourth-order valence-electron chi connectivity index (χ4n) is 2.79. The first-order valence-corrected chi connectivity index (χ1v) is 10.8. The summed E-state index contributed by atoms with van der Waals surface area (Å²) in [6.07, 6.45) is 0. The number of azo groups is 1. The average molecular weight is 437 g/mol. The lowest BCUT2D eigenvalue weighted by Gasteiger charge is -2.11. The summed E-state index contributed by atoms with van der Waals surface area (Å²) in [5.74, 6) is -0.410. The molecule has 3 aromatic rings. The Labute approximate surface area is 165 Å². The van der Waals surface area contributed by atoms with Crippen molar-refractivity contribution in [1.29, 1.82) is 0 Å². The van der Waals surface area contributed by atoms with Gasteiger partial charge >= 0.3 is 0 Å². The number of nitrogens with two attached hydrogens (primary N) is 1. The molecule has 0 spiro atoms. The molecule has 0 amide bonds. The smallest absolute Gasteiger partial charge is 0.296 e. The molecule has 3 aromatic carbocycles. The summed E-state index contributed by atoms with van der Waals surface area (Å²) >= 11 is 0. The van der Waals surface area contributed by atoms with Gasteiger partial charge in [-0.05, 0) is 48.2 Å². The highest BCUT2D eigenvalue weighted by Crippen LogP contribution is 2.42. The van der Waals surface area contributed by atoms with E-state index < -0.39 is 35.8 Å². The number of fused-ring (bicyclic) bond motifs is 1. The number of phenolic OH excluding ortho intramolecular Hbond substituents is 1. The zero-order valence-corrected chi connectivity index (χ0v) is 16.4. The third-order valence-corrected chi connectivity index (χ3v) is 5.81. The van der Waals surface area contributed by atoms with Gasteiger partial charge in [-0.15, -0.1) is 10.2 Å². The highest BCUT2D eigenvalue weighted by molar-refractivity contribution is 7.86. The zero-order chi connectivity index (χ0) is 21.6. The summed E-state index contributed by atoms with van der Waals surface area (Å²) in [4.78, 5) is -0.892. The first-order valence-electron chi connectivity index (χ1n) is 7.91. The van der Waals surface area contributed by atoms with E-state index in [4.69, 9.17) is 5.73 Å². The molecule has 0 heterocycles. The summed E-state index contributed by atoms with van der Waals surface area (Å²) < 4.78 is 64.1. The van der Waals surface area contributed by atoms with Crippen LogP contribution in [0.15, 0.2) is 62.5 Å². The fraction of sp³-hybridized carbons (Fsp3) is 0.0588. The molecule has 0 radical (unpaired) electrons. The Balaban J connectivity index is 2.20. The van der Waals surface area contributed by atoms with Crippen LogP contribution in [0.4, 0.5) is 17.1 Å². The van der Waals surface area contributed by atoms with Crippen LogP contribution in [0.2, 0.25) is 0 Å². The van der Waals surface area contributed by atoms with Gasteiger partial charge in [-0.1, -0.05) is 12.1 Å². The molecule has 5 N–H and O–H groups in total. The quantitative estimate of drug-likeness (QED) is 0.272. The van der Waals surface area contributed by atoms with Gasteiger partial charge in [0.2, 0.25) is 0 Å². The van der Waals surface area contributed by atoms with Crippen molar-refractivity contribution in [2.75, 3.05) is 5.73 Å². The largest absolute Gasteiger partial charge is 0.505 e. The van der Waals surface area contributed by atoms with Gasteiger partial charge in [0, 0.05) is 11.1 Å². The Morgan fingerprint density at radius 3 is 2.21 bits per heavy atom. The lowest BCUT2D eigenvalue weighted by molar-refractivity contribution is 0.480. The molecule has 0 atom stereocenters. The topological polar surface area (TPSA) is 180 Å². The van der Waals surface area contributed by atoms with Gasteiger partial charge in [0.25, 0.3) is 20.2 Å². The van der Waals surface area contributed by atoms with Gasteiger partial charge in [-0.25, -0.2) is 0 Å². The Morgan fingerprint density at radius 2 is 1.59 bits per heavy atom. The molecule has 0 bridgehead atoms. The third-order valence-electron chi connectivity index (χ3n) is 4.08. The number of aromatic hydroxyl groups is 1. The van der Waals surface area contributed by atoms with Crippen LogP contribution in [0.5, 0.6) is 5.75 Å². The van der Waals surface area contributed by atoms with Gasteiger partial charge in [-0.3, -0.25) is 9.11 Å². The van der Waals surface area contributed by atoms with Crippen molar-refractivity contribution >= 4 is 48.1 Å². The van der Waals surface area contributed by atoms with Crippen LogP contribution in [0.25, 0.3) is 10.8 Å². The van der Waals surface area contributed by atoms with Crippen LogP contribution in [-0.4, -0.2) is 31.0 Å². The second-order valence-corrected chi connectivity index (χ2v) is 8.93. The molecule has 152 valence electrons. The number of nitrogen functional groups attached to an aromatic ring is 1. The molecule has 10 nitrogen and oxygen atoms in total. The van der Waals surface area contributed by atoms with E-state index in [0.29, 0.717) is 5.56 Å². The van der Waals surface area contributed by atoms with Crippen molar-refractivity contribution in [3.63, 3.8) is 0 Å². The van der Waals surface area contributed by atoms with E-state index in [1.165, 1.54) is 24.3 Å². The minimum absolute atomic E-state index is 0.0334. The standard InChI is InChI=1S/C17H15N3O7S2/c1-9-6-10-7-11(28(22,23)24)8-12(18)15(10)17(21)16(9)20-19-13-4-2-3-5-14(13)29(25,26)27/h2-8,21H,18H2,1H3,(H,22,23,24)(H,25,26,27). The predicted octanol–water partition coefficient (Wildman–Crippen LogP) is 3.34. The third kappa shape index (κ3) is 4.05. The second-order valence-electron chi connectivity index (χ2n) is 6.12. The Hall–Kier alpha value is -3.06. The number of hydrogen-bond donors (Lipinski definition) is 4. The molecule has 0 saturated heterocycles. The van der Waals surface area contributed by atoms with Crippen molar-refractivity contribution in [3.8, 4) is 5.75 Å². The van der Waals surface area contributed by atoms with Crippen LogP contribution < -0.4 is 5.73 Å². The van der Waals surface area contributed by atoms with Gasteiger partial charge in [0.05, 0.1) is 4.90 Å². The molecular weight excluding hydrogens is 422 g/mol. The molecule has 0 aliphatic rings. The van der Waals surface area contributed by atoms with E-state index in [9.17, 15) is 31.0 Å². The maximum absolute atomic E-state index is 11.4. The molecule has 0 aliphatic carbocycles. The maximum atomic E-state index is 11.4. The van der Waals surface area contributed by atoms with Crippen LogP contribution in [-0.2, 0) is 20.2 Å². The van der Waals surface area contributed by atoms with Crippen LogP contribution >= 0.6 is 0 Å². The highest BCUT2D eigenvalue weighted by Gasteiger charge is 2.19. The molecule has 0 fully saturated rings. The Kier molecular flexibility index (Phi) is 5.04. The number of nitrogens with zero attached hydrogens (tertiary/aromatic N) is 2. The lowest BCUT2D eigenvalue weighted by Crippen LogP contribution is -2.00. The molecule has 0 aliphatic heterocycles. The highest BCUT2D eigenvalue weighted by atomic mass is 32.2. The molecule has 3 rings (SSSR count). The molecule has 12 heteroatoms. The Morgan fingerprint density at radius 1 is 0.931 bits per heavy atom. The summed E-state index contributed by atoms with van der Waals surface area (Å²) in [5, 5.41) is 18.6. The minimum Gasteiger partial charge on any atom is -0.505 e. The van der Waals surface area contributed by atoms with Crippen molar-refractivity contribution in [2.24, 2.45) is 10.2 Å². The average Bonchev–Trinajstić information content (AvgIpc) is 2.59. The number of phenols is 1. The molecule has 0 saturated carbocycles. The molecular formula is C17H15N3O7S2. The summed E-state index contributed by atoms with van der Waals surface area (Å²) in [7, 11) is -9.04. The SMILES string of the molecule is Cc1cc2cc(S(=O)(=O)O)cc(N)c2c(O)c1N=Nc1ccccc1S(=O)(=O)O. The Bertz CT molecular complexity index is 1380. The van der Waals surface area contributed by atoms with E-state index >= 15 is 0 Å². The van der Waals surface area contributed by atoms with Gasteiger partial charge in [-0.2, -0.15) is 16.8 Å². The van der Waals surface area contributed by atoms with E-state index in [1.807, 2.05) is 0 Å². The van der Waals surface area contributed by atoms with Crippen LogP contribution in [0.3, 0.4) is 0 Å². The van der Waals surface area contributed by atoms with E-state index in [2.05, 4.69) is 10.2 Å². The number of benzene rings is 3. The van der Waals surface area contributed by atoms with Crippen LogP contribution in [0.1, 0.15) is 5.56 Å². The summed E-state index contributed by atoms with van der Waals surface area (Å²) in [5.41, 5.74) is 5.91. The normalized spacial score (nSPS) is 12.7. The van der Waals surface area contributed by atoms with E-state index in [0.717, 1.165) is 18.2 Å². The number of anilines is 1. The zero-order valence-electron chi connectivity index (χ0n) is 14.8. The molecule has 29 heavy (non-hydrogen) atoms. The van der Waals surface area contributed by atoms with Gasteiger partial charge in [0.15, 0.2) is 5.75 Å². The monoisotopic (exact) mass is 437 g/mol. The summed E-state index contributed by atoms with van der Waals surface area (Å²) in [6, 6.07) is 8.95. The molecule has 0 unspecified atom stereocenters. The van der Waals surface area contributed by atoms with Crippen molar-refractivity contribution in [2.45, 2.75) is 16.7 Å². The predicted molar refractivity (Wildman–Crippen MR) is 105 cm³/mol. The maximum Gasteiger partial charge on any atom is 0.296 e. The summed E-state index contributed by atoms with van der Waals surface area (Å²) in [6.45, 7) is 1.55. The van der Waals surface area contributed by atoms with Crippen LogP contribution in [0, 0.1) is 6.92 Å². The van der Waals surface area contributed by atoms with Crippen molar-refractivity contribution in [3.05, 3.63) is 48.0 Å². The molecule has 0 aromatic heterocycles. The van der Waals surface area contributed by atoms with Gasteiger partial charge in [0.1, 0.15) is 16.3 Å². The number of aryl methyl sites for hydroxylation is 1. The second kappa shape index (κ2) is 7.08.